The van der Waals surface area contributed by atoms with E-state index in [1.165, 1.54) is 36.3 Å². The van der Waals surface area contributed by atoms with Gasteiger partial charge >= 0.3 is 5.97 Å². The van der Waals surface area contributed by atoms with Crippen molar-refractivity contribution < 1.29 is 28.6 Å². The fourth-order valence-electron chi connectivity index (χ4n) is 8.27. The molecule has 0 aliphatic heterocycles. The number of hydrogen-bond donors (Lipinski definition) is 0. The minimum atomic E-state index is -1.21. The number of nitrogens with zero attached hydrogens (tertiary/aromatic N) is 1. The summed E-state index contributed by atoms with van der Waals surface area (Å²) < 4.78 is 17.4. The summed E-state index contributed by atoms with van der Waals surface area (Å²) in [5, 5.41) is 0. The van der Waals surface area contributed by atoms with Crippen LogP contribution < -0.4 is 4.74 Å². The summed E-state index contributed by atoms with van der Waals surface area (Å²) in [7, 11) is 5.56. The van der Waals surface area contributed by atoms with E-state index in [4.69, 9.17) is 14.2 Å². The summed E-state index contributed by atoms with van der Waals surface area (Å²) in [4.78, 5) is 40.6. The average Bonchev–Trinajstić information content (AvgIpc) is 3.20. The molecule has 0 amide bonds. The zero-order valence-electron chi connectivity index (χ0n) is 24.6. The molecule has 4 aliphatic rings. The number of fused-ring (bicyclic) bond motifs is 4. The highest BCUT2D eigenvalue weighted by atomic mass is 16.6. The van der Waals surface area contributed by atoms with Gasteiger partial charge in [0.15, 0.2) is 11.4 Å². The van der Waals surface area contributed by atoms with Crippen molar-refractivity contribution in [1.29, 1.82) is 0 Å². The molecule has 0 radical (unpaired) electrons. The molecule has 7 nitrogen and oxygen atoms in total. The zero-order valence-corrected chi connectivity index (χ0v) is 24.6. The Morgan fingerprint density at radius 2 is 1.82 bits per heavy atom. The monoisotopic (exact) mass is 549 g/mol. The van der Waals surface area contributed by atoms with Gasteiger partial charge in [-0.05, 0) is 99.4 Å². The van der Waals surface area contributed by atoms with Crippen LogP contribution in [0.25, 0.3) is 0 Å². The molecule has 2 saturated carbocycles. The fourth-order valence-corrected chi connectivity index (χ4v) is 8.27. The SMILES string of the molecule is COCC(=O)[C@@]1(OC(C)=O)CC[C@H]2[C@@H]3CCC4=CC(=O)CCC4=C3[C@@H](c3ccc(OCCN(C)C)cc3)C[C@@]21C. The third kappa shape index (κ3) is 4.96. The van der Waals surface area contributed by atoms with Crippen molar-refractivity contribution >= 4 is 17.5 Å². The van der Waals surface area contributed by atoms with Gasteiger partial charge in [-0.3, -0.25) is 14.4 Å². The number of benzene rings is 1. The van der Waals surface area contributed by atoms with Crippen molar-refractivity contribution in [3.8, 4) is 5.75 Å². The quantitative estimate of drug-likeness (QED) is 0.399. The maximum absolute atomic E-state index is 13.7. The Morgan fingerprint density at radius 3 is 2.50 bits per heavy atom. The van der Waals surface area contributed by atoms with Gasteiger partial charge in [0.1, 0.15) is 19.0 Å². The number of likely N-dealkylation sites (N-methyl/N-ethyl adjacent to an activating group) is 1. The van der Waals surface area contributed by atoms with Crippen molar-refractivity contribution in [2.75, 3.05) is 41.0 Å². The normalized spacial score (nSPS) is 31.3. The van der Waals surface area contributed by atoms with Gasteiger partial charge in [0.2, 0.25) is 5.78 Å². The first-order valence-corrected chi connectivity index (χ1v) is 14.7. The van der Waals surface area contributed by atoms with E-state index in [0.29, 0.717) is 25.9 Å². The molecule has 0 aromatic heterocycles. The fraction of sp³-hybridized carbons (Fsp3) is 0.606. The molecular weight excluding hydrogens is 506 g/mol. The number of esters is 1. The van der Waals surface area contributed by atoms with Crippen LogP contribution in [-0.4, -0.2) is 69.0 Å². The minimum absolute atomic E-state index is 0.0531. The number of ketones is 2. The molecule has 0 heterocycles. The third-order valence-corrected chi connectivity index (χ3v) is 9.99. The van der Waals surface area contributed by atoms with Crippen LogP contribution in [0.15, 0.2) is 47.1 Å². The summed E-state index contributed by atoms with van der Waals surface area (Å²) >= 11 is 0. The second-order valence-electron chi connectivity index (χ2n) is 12.5. The molecule has 40 heavy (non-hydrogen) atoms. The number of ether oxygens (including phenoxy) is 3. The Morgan fingerprint density at radius 1 is 1.07 bits per heavy atom. The molecule has 0 unspecified atom stereocenters. The Hall–Kier alpha value is -2.77. The van der Waals surface area contributed by atoms with Crippen molar-refractivity contribution in [2.45, 2.75) is 70.3 Å². The molecule has 0 spiro atoms. The Bertz CT molecular complexity index is 1230. The highest BCUT2D eigenvalue weighted by Crippen LogP contribution is 2.67. The van der Waals surface area contributed by atoms with Crippen molar-refractivity contribution in [3.63, 3.8) is 0 Å². The Balaban J connectivity index is 1.59. The molecule has 1 aromatic carbocycles. The molecule has 5 rings (SSSR count). The van der Waals surface area contributed by atoms with Gasteiger partial charge in [0.05, 0.1) is 0 Å². The van der Waals surface area contributed by atoms with Crippen LogP contribution in [0.2, 0.25) is 0 Å². The largest absolute Gasteiger partial charge is 0.492 e. The number of hydrogen-bond acceptors (Lipinski definition) is 7. The molecule has 5 atom stereocenters. The number of carbonyl (C=O) groups excluding carboxylic acids is 3. The average molecular weight is 550 g/mol. The molecule has 4 aliphatic carbocycles. The molecule has 216 valence electrons. The van der Waals surface area contributed by atoms with Gasteiger partial charge in [-0.25, -0.2) is 0 Å². The van der Waals surface area contributed by atoms with Crippen LogP contribution in [0.3, 0.4) is 0 Å². The number of carbonyl (C=O) groups is 3. The predicted molar refractivity (Wildman–Crippen MR) is 152 cm³/mol. The van der Waals surface area contributed by atoms with E-state index in [2.05, 4.69) is 24.0 Å². The highest BCUT2D eigenvalue weighted by molar-refractivity contribution is 5.93. The molecule has 0 N–H and O–H groups in total. The Labute approximate surface area is 237 Å². The molecule has 7 heteroatoms. The molecule has 2 fully saturated rings. The van der Waals surface area contributed by atoms with Gasteiger partial charge in [-0.1, -0.05) is 24.6 Å². The van der Waals surface area contributed by atoms with E-state index in [0.717, 1.165) is 38.0 Å². The number of methoxy groups -OCH3 is 1. The zero-order chi connectivity index (χ0) is 28.7. The molecular formula is C33H43NO6. The summed E-state index contributed by atoms with van der Waals surface area (Å²) in [5.74, 6) is 1.01. The standard InChI is InChI=1S/C33H43NO6/c1-21(35)40-33(30(37)20-38-5)15-14-29-27-12-8-23-18-24(36)9-13-26(23)31(27)28(19-32(29,33)2)22-6-10-25(11-7-22)39-17-16-34(3)4/h6-7,10-11,18,27-29H,8-9,12-17,19-20H2,1-5H3/t27-,28+,29-,32-,33-/m0/s1. The van der Waals surface area contributed by atoms with Crippen LogP contribution in [0.5, 0.6) is 5.75 Å². The van der Waals surface area contributed by atoms with Crippen LogP contribution in [-0.2, 0) is 23.9 Å². The number of rotatable bonds is 9. The summed E-state index contributed by atoms with van der Waals surface area (Å²) in [5.41, 5.74) is 3.41. The molecule has 0 saturated heterocycles. The number of allylic oxidation sites excluding steroid dienone is 4. The minimum Gasteiger partial charge on any atom is -0.492 e. The first-order valence-electron chi connectivity index (χ1n) is 14.7. The van der Waals surface area contributed by atoms with Gasteiger partial charge in [-0.15, -0.1) is 0 Å². The summed E-state index contributed by atoms with van der Waals surface area (Å²) in [6.45, 7) is 4.94. The summed E-state index contributed by atoms with van der Waals surface area (Å²) in [6.07, 6.45) is 7.04. The van der Waals surface area contributed by atoms with Gasteiger partial charge in [0, 0.05) is 38.3 Å². The van der Waals surface area contributed by atoms with Crippen LogP contribution >= 0.6 is 0 Å². The van der Waals surface area contributed by atoms with Crippen LogP contribution in [0, 0.1) is 17.3 Å². The first kappa shape index (κ1) is 28.7. The van der Waals surface area contributed by atoms with Crippen LogP contribution in [0.1, 0.15) is 70.3 Å². The second kappa shape index (κ2) is 11.2. The molecule has 1 aromatic rings. The number of Topliss-reactive ketones (excluding diaryl/α,β-unsaturated/α-hetero) is 1. The maximum Gasteiger partial charge on any atom is 0.303 e. The van der Waals surface area contributed by atoms with E-state index in [-0.39, 0.29) is 35.9 Å². The van der Waals surface area contributed by atoms with E-state index in [1.807, 2.05) is 32.3 Å². The van der Waals surface area contributed by atoms with Crippen molar-refractivity contribution in [1.82, 2.24) is 4.90 Å². The Kier molecular flexibility index (Phi) is 8.08. The lowest BCUT2D eigenvalue weighted by atomic mass is 9.50. The second-order valence-corrected chi connectivity index (χ2v) is 12.5. The van der Waals surface area contributed by atoms with Crippen LogP contribution in [0.4, 0.5) is 0 Å². The molecule has 0 bridgehead atoms. The maximum atomic E-state index is 13.7. The smallest absolute Gasteiger partial charge is 0.303 e. The lowest BCUT2D eigenvalue weighted by Crippen LogP contribution is -2.58. The lowest BCUT2D eigenvalue weighted by Gasteiger charge is -2.55. The first-order chi connectivity index (χ1) is 19.1. The van der Waals surface area contributed by atoms with E-state index in [1.54, 1.807) is 0 Å². The van der Waals surface area contributed by atoms with Gasteiger partial charge < -0.3 is 19.1 Å². The summed E-state index contributed by atoms with van der Waals surface area (Å²) in [6, 6.07) is 8.37. The van der Waals surface area contributed by atoms with E-state index >= 15 is 0 Å². The van der Waals surface area contributed by atoms with E-state index in [9.17, 15) is 14.4 Å². The lowest BCUT2D eigenvalue weighted by molar-refractivity contribution is -0.185. The van der Waals surface area contributed by atoms with E-state index < -0.39 is 17.0 Å². The topological polar surface area (TPSA) is 82.1 Å². The highest BCUT2D eigenvalue weighted by Gasteiger charge is 2.68. The predicted octanol–water partition coefficient (Wildman–Crippen LogP) is 5.04. The van der Waals surface area contributed by atoms with Gasteiger partial charge in [0.25, 0.3) is 0 Å². The third-order valence-electron chi connectivity index (χ3n) is 9.99. The van der Waals surface area contributed by atoms with Crippen molar-refractivity contribution in [2.24, 2.45) is 17.3 Å². The van der Waals surface area contributed by atoms with Gasteiger partial charge in [-0.2, -0.15) is 0 Å². The van der Waals surface area contributed by atoms with Crippen molar-refractivity contribution in [3.05, 3.63) is 52.6 Å².